The van der Waals surface area contributed by atoms with Crippen LogP contribution in [0.4, 0.5) is 4.79 Å². The maximum atomic E-state index is 11.5. The van der Waals surface area contributed by atoms with Crippen molar-refractivity contribution in [3.63, 3.8) is 0 Å². The van der Waals surface area contributed by atoms with E-state index in [0.717, 1.165) is 0 Å². The Balaban J connectivity index is 2.70. The van der Waals surface area contributed by atoms with Crippen LogP contribution < -0.4 is 11.2 Å². The first kappa shape index (κ1) is 10.9. The van der Waals surface area contributed by atoms with E-state index in [1.807, 2.05) is 5.43 Å². The van der Waals surface area contributed by atoms with E-state index in [4.69, 9.17) is 5.73 Å². The van der Waals surface area contributed by atoms with Gasteiger partial charge in [0.05, 0.1) is 4.88 Å². The molecule has 1 aromatic heterocycles. The molecule has 0 spiro atoms. The quantitative estimate of drug-likeness (QED) is 0.495. The molecular weight excluding hydrogens is 270 g/mol. The number of nitrogens with zero attached hydrogens (tertiary/aromatic N) is 1. The van der Waals surface area contributed by atoms with Crippen molar-refractivity contribution in [1.29, 1.82) is 0 Å². The highest BCUT2D eigenvalue weighted by atomic mass is 79.9. The highest BCUT2D eigenvalue weighted by Gasteiger charge is 2.12. The summed E-state index contributed by atoms with van der Waals surface area (Å²) in [5.74, 6) is -0.297. The van der Waals surface area contributed by atoms with Crippen molar-refractivity contribution in [2.75, 3.05) is 0 Å². The van der Waals surface area contributed by atoms with Crippen molar-refractivity contribution in [3.8, 4) is 0 Å². The van der Waals surface area contributed by atoms with Crippen molar-refractivity contribution in [2.24, 2.45) is 10.8 Å². The topological polar surface area (TPSA) is 84.6 Å². The van der Waals surface area contributed by atoms with Crippen LogP contribution in [0.3, 0.4) is 0 Å². The average molecular weight is 276 g/mol. The van der Waals surface area contributed by atoms with E-state index in [2.05, 4.69) is 21.0 Å². The van der Waals surface area contributed by atoms with Crippen LogP contribution in [0.1, 0.15) is 9.67 Å². The van der Waals surface area contributed by atoms with Crippen LogP contribution in [0, 0.1) is 0 Å². The molecule has 14 heavy (non-hydrogen) atoms. The number of carbonyl (C=O) groups excluding carboxylic acids is 2. The van der Waals surface area contributed by atoms with E-state index in [-0.39, 0.29) is 10.4 Å². The third-order valence-electron chi connectivity index (χ3n) is 1.20. The Bertz CT molecular complexity index is 374. The van der Waals surface area contributed by atoms with E-state index >= 15 is 0 Å². The number of halogens is 1. The highest BCUT2D eigenvalue weighted by molar-refractivity contribution is 9.19. The summed E-state index contributed by atoms with van der Waals surface area (Å²) in [6, 6.07) is 2.59. The zero-order valence-electron chi connectivity index (χ0n) is 6.86. The summed E-state index contributed by atoms with van der Waals surface area (Å²) in [4.78, 5) is 22.3. The zero-order chi connectivity index (χ0) is 10.6. The number of Topliss-reactive ketones (excluding diaryl/α,β-unsaturated/α-hetero) is 1. The Morgan fingerprint density at radius 2 is 2.29 bits per heavy atom. The number of ketones is 1. The number of hydrazone groups is 1. The van der Waals surface area contributed by atoms with Crippen molar-refractivity contribution < 1.29 is 9.59 Å². The summed E-state index contributed by atoms with van der Waals surface area (Å²) in [6.07, 6.45) is 0. The lowest BCUT2D eigenvalue weighted by Gasteiger charge is -1.95. The Labute approximate surface area is 92.1 Å². The number of hydrogen-bond donors (Lipinski definition) is 2. The Hall–Kier alpha value is -1.21. The minimum absolute atomic E-state index is 0.0127. The van der Waals surface area contributed by atoms with Gasteiger partial charge in [-0.05, 0) is 27.4 Å². The molecule has 74 valence electrons. The van der Waals surface area contributed by atoms with Crippen molar-refractivity contribution >= 4 is 43.7 Å². The van der Waals surface area contributed by atoms with Gasteiger partial charge in [0.2, 0.25) is 5.78 Å². The van der Waals surface area contributed by atoms with E-state index < -0.39 is 6.03 Å². The second-order valence-corrected chi connectivity index (χ2v) is 3.88. The molecule has 0 aliphatic carbocycles. The van der Waals surface area contributed by atoms with Crippen LogP contribution >= 0.6 is 27.3 Å². The Morgan fingerprint density at radius 3 is 2.79 bits per heavy atom. The molecule has 7 heteroatoms. The smallest absolute Gasteiger partial charge is 0.332 e. The van der Waals surface area contributed by atoms with Gasteiger partial charge in [-0.15, -0.1) is 11.3 Å². The number of rotatable bonds is 3. The summed E-state index contributed by atoms with van der Waals surface area (Å²) in [5, 5.41) is 5.22. The van der Waals surface area contributed by atoms with Crippen LogP contribution in [-0.4, -0.2) is 16.4 Å². The molecular formula is C7H6BrN3O2S. The van der Waals surface area contributed by atoms with Crippen LogP contribution in [0.2, 0.25) is 0 Å². The number of nitrogens with one attached hydrogen (secondary N) is 1. The fraction of sp³-hybridized carbons (Fsp3) is 0. The highest BCUT2D eigenvalue weighted by Crippen LogP contribution is 2.11. The number of primary amides is 1. The van der Waals surface area contributed by atoms with Gasteiger partial charge in [0.15, 0.2) is 4.62 Å². The summed E-state index contributed by atoms with van der Waals surface area (Å²) < 4.78 is 0.0127. The van der Waals surface area contributed by atoms with Gasteiger partial charge in [-0.2, -0.15) is 5.10 Å². The first-order valence-electron chi connectivity index (χ1n) is 3.48. The number of nitrogens with two attached hydrogens (primary N) is 1. The molecule has 1 aromatic rings. The molecule has 0 fully saturated rings. The predicted molar refractivity (Wildman–Crippen MR) is 57.7 cm³/mol. The molecule has 2 amide bonds. The molecule has 0 aliphatic rings. The molecule has 3 N–H and O–H groups in total. The summed E-state index contributed by atoms with van der Waals surface area (Å²) in [7, 11) is 0. The van der Waals surface area contributed by atoms with Crippen molar-refractivity contribution in [1.82, 2.24) is 5.43 Å². The molecule has 0 radical (unpaired) electrons. The fourth-order valence-corrected chi connectivity index (χ4v) is 1.76. The molecule has 0 atom stereocenters. The minimum Gasteiger partial charge on any atom is -0.350 e. The predicted octanol–water partition coefficient (Wildman–Crippen LogP) is 1.31. The molecule has 0 aliphatic heterocycles. The third kappa shape index (κ3) is 2.93. The van der Waals surface area contributed by atoms with Crippen molar-refractivity contribution in [3.05, 3.63) is 22.4 Å². The first-order valence-corrected chi connectivity index (χ1v) is 5.15. The number of hydrogen-bond acceptors (Lipinski definition) is 4. The van der Waals surface area contributed by atoms with E-state index in [0.29, 0.717) is 4.88 Å². The van der Waals surface area contributed by atoms with Crippen LogP contribution in [0.5, 0.6) is 0 Å². The SMILES string of the molecule is NC(=O)N/N=C(\Br)C(=O)c1cccs1. The molecule has 1 rings (SSSR count). The second-order valence-electron chi connectivity index (χ2n) is 2.19. The average Bonchev–Trinajstić information content (AvgIpc) is 2.65. The van der Waals surface area contributed by atoms with Crippen LogP contribution in [0.25, 0.3) is 0 Å². The molecule has 0 bridgehead atoms. The number of amides is 2. The number of thiophene rings is 1. The van der Waals surface area contributed by atoms with Gasteiger partial charge in [-0.1, -0.05) is 6.07 Å². The molecule has 5 nitrogen and oxygen atoms in total. The van der Waals surface area contributed by atoms with Gasteiger partial charge >= 0.3 is 6.03 Å². The summed E-state index contributed by atoms with van der Waals surface area (Å²) in [6.45, 7) is 0. The van der Waals surface area contributed by atoms with Gasteiger partial charge in [0.25, 0.3) is 0 Å². The molecule has 0 saturated carbocycles. The molecule has 0 aromatic carbocycles. The van der Waals surface area contributed by atoms with E-state index in [1.165, 1.54) is 11.3 Å². The van der Waals surface area contributed by atoms with Gasteiger partial charge in [0, 0.05) is 0 Å². The van der Waals surface area contributed by atoms with Crippen LogP contribution in [0.15, 0.2) is 22.6 Å². The Morgan fingerprint density at radius 1 is 1.57 bits per heavy atom. The lowest BCUT2D eigenvalue weighted by atomic mass is 10.3. The maximum absolute atomic E-state index is 11.5. The largest absolute Gasteiger partial charge is 0.350 e. The number of urea groups is 1. The normalized spacial score (nSPS) is 11.1. The standard InChI is InChI=1S/C7H6BrN3O2S/c8-6(10-11-7(9)13)5(12)4-2-1-3-14-4/h1-3H,(H3,9,11,13)/b10-6-. The van der Waals surface area contributed by atoms with Gasteiger partial charge in [-0.3, -0.25) is 4.79 Å². The number of carbonyl (C=O) groups is 2. The van der Waals surface area contributed by atoms with E-state index in [1.54, 1.807) is 17.5 Å². The molecule has 0 saturated heterocycles. The second kappa shape index (κ2) is 4.87. The summed E-state index contributed by atoms with van der Waals surface area (Å²) in [5.41, 5.74) is 6.72. The molecule has 1 heterocycles. The van der Waals surface area contributed by atoms with Crippen LogP contribution in [-0.2, 0) is 0 Å². The lowest BCUT2D eigenvalue weighted by molar-refractivity contribution is 0.107. The lowest BCUT2D eigenvalue weighted by Crippen LogP contribution is -2.26. The minimum atomic E-state index is -0.819. The van der Waals surface area contributed by atoms with Gasteiger partial charge in [0.1, 0.15) is 0 Å². The van der Waals surface area contributed by atoms with E-state index in [9.17, 15) is 9.59 Å². The summed E-state index contributed by atoms with van der Waals surface area (Å²) >= 11 is 4.22. The maximum Gasteiger partial charge on any atom is 0.332 e. The van der Waals surface area contributed by atoms with Gasteiger partial charge < -0.3 is 5.73 Å². The first-order chi connectivity index (χ1) is 6.61. The van der Waals surface area contributed by atoms with Crippen molar-refractivity contribution in [2.45, 2.75) is 0 Å². The third-order valence-corrected chi connectivity index (χ3v) is 2.60. The Kier molecular flexibility index (Phi) is 3.78. The van der Waals surface area contributed by atoms with Gasteiger partial charge in [-0.25, -0.2) is 10.2 Å². The molecule has 0 unspecified atom stereocenters. The fourth-order valence-electron chi connectivity index (χ4n) is 0.664. The zero-order valence-corrected chi connectivity index (χ0v) is 9.26. The monoisotopic (exact) mass is 275 g/mol.